The Morgan fingerprint density at radius 1 is 1.25 bits per heavy atom. The first kappa shape index (κ1) is 17.2. The van der Waals surface area contributed by atoms with Gasteiger partial charge in [-0.2, -0.15) is 0 Å². The molecule has 1 atom stereocenters. The SMILES string of the molecule is Fc1ccc(COc2cccc(CNCC3CCCO3)c2)c(Cl)c1. The van der Waals surface area contributed by atoms with Gasteiger partial charge in [-0.05, 0) is 42.7 Å². The molecule has 5 heteroatoms. The van der Waals surface area contributed by atoms with E-state index in [1.54, 1.807) is 6.07 Å². The van der Waals surface area contributed by atoms with Gasteiger partial charge in [0.15, 0.2) is 0 Å². The molecule has 128 valence electrons. The van der Waals surface area contributed by atoms with Crippen LogP contribution >= 0.6 is 11.6 Å². The van der Waals surface area contributed by atoms with Gasteiger partial charge in [-0.3, -0.25) is 0 Å². The lowest BCUT2D eigenvalue weighted by atomic mass is 10.2. The second-order valence-electron chi connectivity index (χ2n) is 5.94. The maximum atomic E-state index is 13.1. The minimum Gasteiger partial charge on any atom is -0.489 e. The van der Waals surface area contributed by atoms with Crippen molar-refractivity contribution >= 4 is 11.6 Å². The lowest BCUT2D eigenvalue weighted by molar-refractivity contribution is 0.110. The lowest BCUT2D eigenvalue weighted by Crippen LogP contribution is -2.25. The van der Waals surface area contributed by atoms with E-state index in [4.69, 9.17) is 21.1 Å². The van der Waals surface area contributed by atoms with Crippen molar-refractivity contribution in [2.24, 2.45) is 0 Å². The van der Waals surface area contributed by atoms with Crippen LogP contribution in [0.3, 0.4) is 0 Å². The van der Waals surface area contributed by atoms with Crippen LogP contribution in [0.4, 0.5) is 4.39 Å². The summed E-state index contributed by atoms with van der Waals surface area (Å²) in [6, 6.07) is 12.2. The molecule has 2 aromatic rings. The normalized spacial score (nSPS) is 17.2. The number of hydrogen-bond donors (Lipinski definition) is 1. The van der Waals surface area contributed by atoms with Crippen LogP contribution in [0.25, 0.3) is 0 Å². The van der Waals surface area contributed by atoms with Gasteiger partial charge in [0, 0.05) is 25.3 Å². The third kappa shape index (κ3) is 4.94. The van der Waals surface area contributed by atoms with Crippen molar-refractivity contribution in [1.29, 1.82) is 0 Å². The van der Waals surface area contributed by atoms with Gasteiger partial charge in [0.2, 0.25) is 0 Å². The molecule has 0 saturated carbocycles. The molecular weight excluding hydrogens is 329 g/mol. The minimum absolute atomic E-state index is 0.311. The van der Waals surface area contributed by atoms with Gasteiger partial charge in [-0.15, -0.1) is 0 Å². The van der Waals surface area contributed by atoms with Crippen LogP contribution < -0.4 is 10.1 Å². The predicted octanol–water partition coefficient (Wildman–Crippen LogP) is 4.33. The molecular formula is C19H21ClFNO2. The summed E-state index contributed by atoms with van der Waals surface area (Å²) in [5.41, 5.74) is 1.91. The van der Waals surface area contributed by atoms with Crippen molar-refractivity contribution in [1.82, 2.24) is 5.32 Å². The molecule has 0 spiro atoms. The van der Waals surface area contributed by atoms with Crippen LogP contribution in [0.2, 0.25) is 5.02 Å². The van der Waals surface area contributed by atoms with E-state index in [2.05, 4.69) is 11.4 Å². The zero-order valence-electron chi connectivity index (χ0n) is 13.4. The average Bonchev–Trinajstić information content (AvgIpc) is 3.08. The van der Waals surface area contributed by atoms with E-state index in [-0.39, 0.29) is 5.82 Å². The van der Waals surface area contributed by atoms with Crippen LogP contribution in [-0.2, 0) is 17.9 Å². The zero-order valence-corrected chi connectivity index (χ0v) is 14.2. The van der Waals surface area contributed by atoms with Crippen LogP contribution in [0.5, 0.6) is 5.75 Å². The molecule has 0 amide bonds. The fourth-order valence-corrected chi connectivity index (χ4v) is 2.95. The van der Waals surface area contributed by atoms with E-state index < -0.39 is 0 Å². The largest absolute Gasteiger partial charge is 0.489 e. The third-order valence-electron chi connectivity index (χ3n) is 4.03. The molecule has 0 aliphatic carbocycles. The quantitative estimate of drug-likeness (QED) is 0.807. The molecule has 1 unspecified atom stereocenters. The molecule has 0 radical (unpaired) electrons. The Balaban J connectivity index is 1.50. The smallest absolute Gasteiger partial charge is 0.124 e. The maximum absolute atomic E-state index is 13.1. The molecule has 3 nitrogen and oxygen atoms in total. The lowest BCUT2D eigenvalue weighted by Gasteiger charge is -2.12. The van der Waals surface area contributed by atoms with Crippen LogP contribution in [0.1, 0.15) is 24.0 Å². The number of benzene rings is 2. The molecule has 1 fully saturated rings. The summed E-state index contributed by atoms with van der Waals surface area (Å²) in [6.45, 7) is 2.83. The van der Waals surface area contributed by atoms with E-state index in [1.165, 1.54) is 12.1 Å². The van der Waals surface area contributed by atoms with Gasteiger partial charge < -0.3 is 14.8 Å². The van der Waals surface area contributed by atoms with E-state index in [9.17, 15) is 4.39 Å². The number of halogens is 2. The number of nitrogens with one attached hydrogen (secondary N) is 1. The highest BCUT2D eigenvalue weighted by Crippen LogP contribution is 2.21. The zero-order chi connectivity index (χ0) is 16.8. The summed E-state index contributed by atoms with van der Waals surface area (Å²) in [6.07, 6.45) is 2.63. The Hall–Kier alpha value is -1.62. The van der Waals surface area contributed by atoms with Gasteiger partial charge in [-0.25, -0.2) is 4.39 Å². The third-order valence-corrected chi connectivity index (χ3v) is 4.38. The average molecular weight is 350 g/mol. The predicted molar refractivity (Wildman–Crippen MR) is 92.9 cm³/mol. The first-order chi connectivity index (χ1) is 11.7. The summed E-state index contributed by atoms with van der Waals surface area (Å²) in [5.74, 6) is 0.426. The van der Waals surface area contributed by atoms with Gasteiger partial charge in [0.05, 0.1) is 11.1 Å². The Morgan fingerprint density at radius 3 is 2.96 bits per heavy atom. The fourth-order valence-electron chi connectivity index (χ4n) is 2.73. The first-order valence-corrected chi connectivity index (χ1v) is 8.56. The molecule has 0 aromatic heterocycles. The Kier molecular flexibility index (Phi) is 6.07. The highest BCUT2D eigenvalue weighted by Gasteiger charge is 2.14. The topological polar surface area (TPSA) is 30.5 Å². The monoisotopic (exact) mass is 349 g/mol. The summed E-state index contributed by atoms with van der Waals surface area (Å²) in [7, 11) is 0. The molecule has 1 saturated heterocycles. The standard InChI is InChI=1S/C19H21ClFNO2/c20-19-10-16(21)7-6-15(19)13-24-17-4-1-3-14(9-17)11-22-12-18-5-2-8-23-18/h1,3-4,6-7,9-10,18,22H,2,5,8,11-13H2. The number of hydrogen-bond acceptors (Lipinski definition) is 3. The van der Waals surface area contributed by atoms with Crippen molar-refractivity contribution in [3.63, 3.8) is 0 Å². The highest BCUT2D eigenvalue weighted by atomic mass is 35.5. The molecule has 1 heterocycles. The maximum Gasteiger partial charge on any atom is 0.124 e. The molecule has 24 heavy (non-hydrogen) atoms. The minimum atomic E-state index is -0.344. The summed E-state index contributed by atoms with van der Waals surface area (Å²) < 4.78 is 24.4. The molecule has 1 aliphatic rings. The van der Waals surface area contributed by atoms with E-state index in [1.807, 2.05) is 18.2 Å². The Labute approximate surface area is 146 Å². The van der Waals surface area contributed by atoms with Gasteiger partial charge in [0.1, 0.15) is 18.2 Å². The summed E-state index contributed by atoms with van der Waals surface area (Å²) in [5, 5.41) is 3.80. The highest BCUT2D eigenvalue weighted by molar-refractivity contribution is 6.31. The Bertz CT molecular complexity index is 674. The van der Waals surface area contributed by atoms with E-state index >= 15 is 0 Å². The van der Waals surface area contributed by atoms with E-state index in [0.717, 1.165) is 49.4 Å². The fraction of sp³-hybridized carbons (Fsp3) is 0.368. The van der Waals surface area contributed by atoms with Crippen molar-refractivity contribution < 1.29 is 13.9 Å². The van der Waals surface area contributed by atoms with Crippen molar-refractivity contribution in [2.75, 3.05) is 13.2 Å². The first-order valence-electron chi connectivity index (χ1n) is 8.19. The Morgan fingerprint density at radius 2 is 2.17 bits per heavy atom. The molecule has 1 aliphatic heterocycles. The molecule has 3 rings (SSSR count). The summed E-state index contributed by atoms with van der Waals surface area (Å²) in [4.78, 5) is 0. The molecule has 1 N–H and O–H groups in total. The van der Waals surface area contributed by atoms with Crippen molar-refractivity contribution in [3.05, 3.63) is 64.4 Å². The van der Waals surface area contributed by atoms with Crippen molar-refractivity contribution in [2.45, 2.75) is 32.1 Å². The van der Waals surface area contributed by atoms with Crippen LogP contribution in [-0.4, -0.2) is 19.3 Å². The van der Waals surface area contributed by atoms with Crippen molar-refractivity contribution in [3.8, 4) is 5.75 Å². The summed E-state index contributed by atoms with van der Waals surface area (Å²) >= 11 is 6.02. The van der Waals surface area contributed by atoms with Gasteiger partial charge >= 0.3 is 0 Å². The molecule has 2 aromatic carbocycles. The molecule has 0 bridgehead atoms. The van der Waals surface area contributed by atoms with E-state index in [0.29, 0.717) is 17.7 Å². The van der Waals surface area contributed by atoms with Gasteiger partial charge in [-0.1, -0.05) is 29.8 Å². The van der Waals surface area contributed by atoms with Gasteiger partial charge in [0.25, 0.3) is 0 Å². The number of rotatable bonds is 7. The van der Waals surface area contributed by atoms with Crippen LogP contribution in [0.15, 0.2) is 42.5 Å². The second-order valence-corrected chi connectivity index (χ2v) is 6.34. The number of ether oxygens (including phenoxy) is 2. The van der Waals surface area contributed by atoms with Crippen LogP contribution in [0, 0.1) is 5.82 Å². The second kappa shape index (κ2) is 8.47.